The van der Waals surface area contributed by atoms with Crippen molar-refractivity contribution in [3.05, 3.63) is 54.6 Å². The lowest BCUT2D eigenvalue weighted by atomic mass is 10.3. The van der Waals surface area contributed by atoms with E-state index in [1.165, 1.54) is 0 Å². The first-order valence-electron chi connectivity index (χ1n) is 5.74. The average molecular weight is 274 g/mol. The Bertz CT molecular complexity index is 599. The van der Waals surface area contributed by atoms with Crippen LogP contribution in [0, 0.1) is 0 Å². The molecule has 0 heterocycles. The van der Waals surface area contributed by atoms with Crippen molar-refractivity contribution >= 4 is 28.1 Å². The van der Waals surface area contributed by atoms with Crippen molar-refractivity contribution < 1.29 is 9.00 Å². The second kappa shape index (κ2) is 6.15. The number of rotatable bonds is 4. The standard InChI is InChI=1S/C14H14N2O2S/c15-11-5-4-8-13(9-11)19(18)10-14(17)16-12-6-2-1-3-7-12/h1-9H,10,15H2,(H,16,17). The van der Waals surface area contributed by atoms with Gasteiger partial charge in [-0.05, 0) is 30.3 Å². The second-order valence-electron chi connectivity index (χ2n) is 3.98. The van der Waals surface area contributed by atoms with E-state index in [9.17, 15) is 9.00 Å². The molecule has 0 saturated carbocycles. The fourth-order valence-corrected chi connectivity index (χ4v) is 2.55. The molecule has 2 aromatic carbocycles. The van der Waals surface area contributed by atoms with Crippen molar-refractivity contribution in [1.82, 2.24) is 0 Å². The Morgan fingerprint density at radius 3 is 2.53 bits per heavy atom. The quantitative estimate of drug-likeness (QED) is 0.838. The molecule has 2 rings (SSSR count). The van der Waals surface area contributed by atoms with Gasteiger partial charge in [0.1, 0.15) is 5.75 Å². The van der Waals surface area contributed by atoms with Crippen molar-refractivity contribution in [2.45, 2.75) is 4.90 Å². The molecule has 0 aromatic heterocycles. The van der Waals surface area contributed by atoms with Crippen LogP contribution in [0.5, 0.6) is 0 Å². The molecule has 0 radical (unpaired) electrons. The van der Waals surface area contributed by atoms with Crippen LogP contribution >= 0.6 is 0 Å². The molecular formula is C14H14N2O2S. The van der Waals surface area contributed by atoms with Crippen molar-refractivity contribution in [3.8, 4) is 0 Å². The molecule has 1 amide bonds. The lowest BCUT2D eigenvalue weighted by Gasteiger charge is -2.05. The Kier molecular flexibility index (Phi) is 4.30. The van der Waals surface area contributed by atoms with Crippen LogP contribution in [-0.4, -0.2) is 15.9 Å². The summed E-state index contributed by atoms with van der Waals surface area (Å²) in [5.74, 6) is -0.370. The van der Waals surface area contributed by atoms with Gasteiger partial charge in [-0.2, -0.15) is 0 Å². The molecule has 1 atom stereocenters. The van der Waals surface area contributed by atoms with Crippen molar-refractivity contribution in [2.24, 2.45) is 0 Å². The zero-order valence-corrected chi connectivity index (χ0v) is 11.0. The number of nitrogens with two attached hydrogens (primary N) is 1. The first-order chi connectivity index (χ1) is 9.15. The van der Waals surface area contributed by atoms with E-state index in [4.69, 9.17) is 5.73 Å². The number of carbonyl (C=O) groups is 1. The molecule has 0 fully saturated rings. The van der Waals surface area contributed by atoms with Gasteiger partial charge in [0.2, 0.25) is 5.91 Å². The monoisotopic (exact) mass is 274 g/mol. The minimum Gasteiger partial charge on any atom is -0.399 e. The van der Waals surface area contributed by atoms with Gasteiger partial charge in [-0.25, -0.2) is 0 Å². The van der Waals surface area contributed by atoms with Crippen LogP contribution < -0.4 is 11.1 Å². The number of benzene rings is 2. The van der Waals surface area contributed by atoms with Gasteiger partial charge in [0.25, 0.3) is 0 Å². The molecule has 1 unspecified atom stereocenters. The Morgan fingerprint density at radius 1 is 1.11 bits per heavy atom. The van der Waals surface area contributed by atoms with E-state index in [2.05, 4.69) is 5.32 Å². The largest absolute Gasteiger partial charge is 0.399 e. The number of hydrogen-bond donors (Lipinski definition) is 2. The molecule has 5 heteroatoms. The van der Waals surface area contributed by atoms with Gasteiger partial charge in [0.05, 0.1) is 10.8 Å². The number of nitrogen functional groups attached to an aromatic ring is 1. The maximum Gasteiger partial charge on any atom is 0.237 e. The molecule has 2 aromatic rings. The molecular weight excluding hydrogens is 260 g/mol. The number of nitrogens with one attached hydrogen (secondary N) is 1. The highest BCUT2D eigenvalue weighted by atomic mass is 32.2. The number of hydrogen-bond acceptors (Lipinski definition) is 3. The predicted molar refractivity (Wildman–Crippen MR) is 77.2 cm³/mol. The van der Waals surface area contributed by atoms with Crippen LogP contribution in [-0.2, 0) is 15.6 Å². The number of anilines is 2. The van der Waals surface area contributed by atoms with Crippen LogP contribution in [0.15, 0.2) is 59.5 Å². The highest BCUT2D eigenvalue weighted by molar-refractivity contribution is 7.85. The minimum absolute atomic E-state index is 0.0850. The van der Waals surface area contributed by atoms with Gasteiger partial charge >= 0.3 is 0 Å². The third-order valence-corrected chi connectivity index (χ3v) is 3.74. The van der Waals surface area contributed by atoms with Crippen LogP contribution in [0.4, 0.5) is 11.4 Å². The highest BCUT2D eigenvalue weighted by Gasteiger charge is 2.10. The van der Waals surface area contributed by atoms with E-state index < -0.39 is 10.8 Å². The molecule has 98 valence electrons. The van der Waals surface area contributed by atoms with Gasteiger partial charge in [-0.15, -0.1) is 0 Å². The van der Waals surface area contributed by atoms with Crippen LogP contribution in [0.1, 0.15) is 0 Å². The molecule has 3 N–H and O–H groups in total. The molecule has 0 aliphatic carbocycles. The summed E-state index contributed by atoms with van der Waals surface area (Å²) < 4.78 is 12.0. The van der Waals surface area contributed by atoms with Crippen LogP contribution in [0.25, 0.3) is 0 Å². The molecule has 0 saturated heterocycles. The zero-order chi connectivity index (χ0) is 13.7. The zero-order valence-electron chi connectivity index (χ0n) is 10.2. The maximum atomic E-state index is 12.0. The van der Waals surface area contributed by atoms with Gasteiger partial charge in [0, 0.05) is 16.3 Å². The summed E-state index contributed by atoms with van der Waals surface area (Å²) in [6.45, 7) is 0. The summed E-state index contributed by atoms with van der Waals surface area (Å²) in [5, 5.41) is 2.69. The SMILES string of the molecule is Nc1cccc(S(=O)CC(=O)Nc2ccccc2)c1. The maximum absolute atomic E-state index is 12.0. The van der Waals surface area contributed by atoms with Crippen LogP contribution in [0.3, 0.4) is 0 Å². The molecule has 4 nitrogen and oxygen atoms in total. The van der Waals surface area contributed by atoms with E-state index in [-0.39, 0.29) is 11.7 Å². The smallest absolute Gasteiger partial charge is 0.237 e. The number of para-hydroxylation sites is 1. The average Bonchev–Trinajstić information content (AvgIpc) is 2.39. The fraction of sp³-hybridized carbons (Fsp3) is 0.0714. The molecule has 0 spiro atoms. The predicted octanol–water partition coefficient (Wildman–Crippen LogP) is 2.02. The topological polar surface area (TPSA) is 72.2 Å². The summed E-state index contributed by atoms with van der Waals surface area (Å²) in [6.07, 6.45) is 0. The number of amides is 1. The van der Waals surface area contributed by atoms with Gasteiger partial charge in [0.15, 0.2) is 0 Å². The number of carbonyl (C=O) groups excluding carboxylic acids is 1. The second-order valence-corrected chi connectivity index (χ2v) is 5.43. The molecule has 0 aliphatic heterocycles. The lowest BCUT2D eigenvalue weighted by molar-refractivity contribution is -0.113. The van der Waals surface area contributed by atoms with Gasteiger partial charge in [-0.1, -0.05) is 24.3 Å². The highest BCUT2D eigenvalue weighted by Crippen LogP contribution is 2.12. The van der Waals surface area contributed by atoms with E-state index in [0.717, 1.165) is 0 Å². The lowest BCUT2D eigenvalue weighted by Crippen LogP contribution is -2.19. The van der Waals surface area contributed by atoms with E-state index in [0.29, 0.717) is 16.3 Å². The normalized spacial score (nSPS) is 11.8. The van der Waals surface area contributed by atoms with Gasteiger partial charge in [-0.3, -0.25) is 9.00 Å². The third kappa shape index (κ3) is 3.93. The first-order valence-corrected chi connectivity index (χ1v) is 7.06. The summed E-state index contributed by atoms with van der Waals surface area (Å²) in [5.41, 5.74) is 6.84. The Labute approximate surface area is 114 Å². The molecule has 0 bridgehead atoms. The summed E-state index contributed by atoms with van der Waals surface area (Å²) >= 11 is 0. The Balaban J connectivity index is 1.98. The van der Waals surface area contributed by atoms with Crippen molar-refractivity contribution in [3.63, 3.8) is 0 Å². The summed E-state index contributed by atoms with van der Waals surface area (Å²) in [7, 11) is -1.39. The van der Waals surface area contributed by atoms with E-state index >= 15 is 0 Å². The third-order valence-electron chi connectivity index (χ3n) is 2.44. The molecule has 19 heavy (non-hydrogen) atoms. The fourth-order valence-electron chi connectivity index (χ4n) is 1.58. The minimum atomic E-state index is -1.39. The van der Waals surface area contributed by atoms with E-state index in [1.807, 2.05) is 18.2 Å². The van der Waals surface area contributed by atoms with E-state index in [1.54, 1.807) is 36.4 Å². The summed E-state index contributed by atoms with van der Waals surface area (Å²) in [6, 6.07) is 15.8. The van der Waals surface area contributed by atoms with Gasteiger partial charge < -0.3 is 11.1 Å². The summed E-state index contributed by atoms with van der Waals surface area (Å²) in [4.78, 5) is 12.3. The Hall–Kier alpha value is -2.14. The molecule has 0 aliphatic rings. The first kappa shape index (κ1) is 13.3. The van der Waals surface area contributed by atoms with Crippen LogP contribution in [0.2, 0.25) is 0 Å². The van der Waals surface area contributed by atoms with Crippen molar-refractivity contribution in [2.75, 3.05) is 16.8 Å². The Morgan fingerprint density at radius 2 is 1.84 bits per heavy atom. The van der Waals surface area contributed by atoms with Crippen molar-refractivity contribution in [1.29, 1.82) is 0 Å².